The number of fused-ring (bicyclic) bond motifs is 1. The van der Waals surface area contributed by atoms with Crippen LogP contribution in [-0.4, -0.2) is 11.5 Å². The van der Waals surface area contributed by atoms with Gasteiger partial charge in [-0.05, 0) is 19.4 Å². The van der Waals surface area contributed by atoms with Crippen molar-refractivity contribution in [2.75, 3.05) is 6.54 Å². The van der Waals surface area contributed by atoms with E-state index < -0.39 is 0 Å². The van der Waals surface area contributed by atoms with Crippen LogP contribution < -0.4 is 16.1 Å². The van der Waals surface area contributed by atoms with Crippen LogP contribution in [-0.2, 0) is 0 Å². The first-order chi connectivity index (χ1) is 5.29. The highest BCUT2D eigenvalue weighted by atomic mass is 16.3. The molecule has 2 heterocycles. The molecule has 1 N–H and O–H groups in total. The fourth-order valence-corrected chi connectivity index (χ4v) is 1.25. The SMILES string of the molecule is CC1=c2ncoc2=C(C)NC1. The molecule has 0 amide bonds. The van der Waals surface area contributed by atoms with Crippen molar-refractivity contribution in [3.63, 3.8) is 0 Å². The Bertz CT molecular complexity index is 352. The van der Waals surface area contributed by atoms with Gasteiger partial charge >= 0.3 is 0 Å². The summed E-state index contributed by atoms with van der Waals surface area (Å²) in [5.74, 6) is 0. The highest BCUT2D eigenvalue weighted by molar-refractivity contribution is 5.51. The summed E-state index contributed by atoms with van der Waals surface area (Å²) < 4.78 is 5.21. The predicted octanol–water partition coefficient (Wildman–Crippen LogP) is -0.423. The fraction of sp³-hybridized carbons (Fsp3) is 0.375. The normalized spacial score (nSPS) is 16.2. The second-order valence-electron chi connectivity index (χ2n) is 2.79. The van der Waals surface area contributed by atoms with Gasteiger partial charge in [0.15, 0.2) is 11.8 Å². The largest absolute Gasteiger partial charge is 0.442 e. The zero-order chi connectivity index (χ0) is 7.84. The summed E-state index contributed by atoms with van der Waals surface area (Å²) in [5, 5.41) is 4.22. The third-order valence-corrected chi connectivity index (χ3v) is 1.93. The standard InChI is InChI=1S/C8H10N2O/c1-5-3-9-6(2)8-7(5)10-4-11-8/h4,9H,3H2,1-2H3. The molecule has 0 bridgehead atoms. The van der Waals surface area contributed by atoms with Gasteiger partial charge in [-0.1, -0.05) is 0 Å². The van der Waals surface area contributed by atoms with Crippen LogP contribution >= 0.6 is 0 Å². The van der Waals surface area contributed by atoms with Crippen LogP contribution in [0.4, 0.5) is 0 Å². The average molecular weight is 150 g/mol. The van der Waals surface area contributed by atoms with E-state index in [1.54, 1.807) is 0 Å². The summed E-state index contributed by atoms with van der Waals surface area (Å²) >= 11 is 0. The number of hydrogen-bond acceptors (Lipinski definition) is 3. The summed E-state index contributed by atoms with van der Waals surface area (Å²) in [5.41, 5.74) is 3.19. The molecule has 0 saturated heterocycles. The van der Waals surface area contributed by atoms with Crippen LogP contribution in [0, 0.1) is 0 Å². The van der Waals surface area contributed by atoms with E-state index in [4.69, 9.17) is 4.42 Å². The summed E-state index contributed by atoms with van der Waals surface area (Å²) in [6.45, 7) is 4.93. The summed E-state index contributed by atoms with van der Waals surface area (Å²) in [6.07, 6.45) is 1.49. The Labute approximate surface area is 64.4 Å². The average Bonchev–Trinajstić information content (AvgIpc) is 2.45. The van der Waals surface area contributed by atoms with Gasteiger partial charge in [0.1, 0.15) is 5.35 Å². The van der Waals surface area contributed by atoms with Crippen LogP contribution in [0.3, 0.4) is 0 Å². The van der Waals surface area contributed by atoms with E-state index in [9.17, 15) is 0 Å². The molecular weight excluding hydrogens is 140 g/mol. The molecule has 1 aromatic heterocycles. The third-order valence-electron chi connectivity index (χ3n) is 1.93. The van der Waals surface area contributed by atoms with Gasteiger partial charge in [0.05, 0.1) is 5.70 Å². The Kier molecular flexibility index (Phi) is 1.24. The lowest BCUT2D eigenvalue weighted by Gasteiger charge is -2.08. The van der Waals surface area contributed by atoms with E-state index in [2.05, 4.69) is 17.2 Å². The van der Waals surface area contributed by atoms with Crippen molar-refractivity contribution in [1.82, 2.24) is 10.3 Å². The van der Waals surface area contributed by atoms with Crippen molar-refractivity contribution in [2.24, 2.45) is 0 Å². The van der Waals surface area contributed by atoms with Crippen molar-refractivity contribution in [3.8, 4) is 0 Å². The van der Waals surface area contributed by atoms with Gasteiger partial charge in [0.2, 0.25) is 0 Å². The van der Waals surface area contributed by atoms with Gasteiger partial charge < -0.3 is 9.73 Å². The third kappa shape index (κ3) is 0.843. The molecule has 3 heteroatoms. The van der Waals surface area contributed by atoms with E-state index in [1.165, 1.54) is 12.0 Å². The van der Waals surface area contributed by atoms with E-state index in [-0.39, 0.29) is 0 Å². The van der Waals surface area contributed by atoms with Crippen molar-refractivity contribution >= 4 is 11.3 Å². The number of nitrogens with one attached hydrogen (secondary N) is 1. The first kappa shape index (κ1) is 6.46. The summed E-state index contributed by atoms with van der Waals surface area (Å²) in [6, 6.07) is 0. The van der Waals surface area contributed by atoms with Gasteiger partial charge in [-0.15, -0.1) is 0 Å². The zero-order valence-corrected chi connectivity index (χ0v) is 6.64. The number of nitrogens with zero attached hydrogens (tertiary/aromatic N) is 1. The van der Waals surface area contributed by atoms with E-state index in [0.29, 0.717) is 0 Å². The minimum atomic E-state index is 0.880. The number of aromatic nitrogens is 1. The van der Waals surface area contributed by atoms with E-state index in [0.717, 1.165) is 23.0 Å². The molecule has 3 nitrogen and oxygen atoms in total. The molecule has 2 rings (SSSR count). The Hall–Kier alpha value is -1.25. The molecule has 1 aliphatic rings. The van der Waals surface area contributed by atoms with Crippen molar-refractivity contribution < 1.29 is 4.42 Å². The minimum Gasteiger partial charge on any atom is -0.442 e. The molecule has 0 saturated carbocycles. The lowest BCUT2D eigenvalue weighted by Crippen LogP contribution is -2.37. The second-order valence-corrected chi connectivity index (χ2v) is 2.79. The number of oxazole rings is 1. The molecule has 0 radical (unpaired) electrons. The molecule has 0 spiro atoms. The zero-order valence-electron chi connectivity index (χ0n) is 6.64. The van der Waals surface area contributed by atoms with E-state index in [1.807, 2.05) is 6.92 Å². The van der Waals surface area contributed by atoms with Gasteiger partial charge in [0, 0.05) is 6.54 Å². The monoisotopic (exact) mass is 150 g/mol. The Balaban J connectivity index is 2.95. The summed E-state index contributed by atoms with van der Waals surface area (Å²) in [4.78, 5) is 4.12. The van der Waals surface area contributed by atoms with Crippen LogP contribution in [0.5, 0.6) is 0 Å². The Morgan fingerprint density at radius 2 is 2.36 bits per heavy atom. The predicted molar refractivity (Wildman–Crippen MR) is 41.9 cm³/mol. The lowest BCUT2D eigenvalue weighted by atomic mass is 10.2. The molecule has 11 heavy (non-hydrogen) atoms. The van der Waals surface area contributed by atoms with Crippen LogP contribution in [0.25, 0.3) is 11.3 Å². The quantitative estimate of drug-likeness (QED) is 0.545. The molecule has 0 aromatic carbocycles. The maximum absolute atomic E-state index is 5.21. The molecule has 0 atom stereocenters. The molecule has 0 fully saturated rings. The highest BCUT2D eigenvalue weighted by Crippen LogP contribution is 1.93. The second kappa shape index (κ2) is 2.12. The molecule has 1 aromatic rings. The number of rotatable bonds is 0. The number of hydrogen-bond donors (Lipinski definition) is 1. The summed E-state index contributed by atoms with van der Waals surface area (Å²) in [7, 11) is 0. The minimum absolute atomic E-state index is 0.880. The lowest BCUT2D eigenvalue weighted by molar-refractivity contribution is 0.516. The molecule has 58 valence electrons. The first-order valence-corrected chi connectivity index (χ1v) is 3.63. The van der Waals surface area contributed by atoms with E-state index >= 15 is 0 Å². The smallest absolute Gasteiger partial charge is 0.182 e. The van der Waals surface area contributed by atoms with Gasteiger partial charge in [-0.3, -0.25) is 0 Å². The van der Waals surface area contributed by atoms with Crippen LogP contribution in [0.15, 0.2) is 10.8 Å². The van der Waals surface area contributed by atoms with Crippen LogP contribution in [0.2, 0.25) is 0 Å². The van der Waals surface area contributed by atoms with Crippen molar-refractivity contribution in [1.29, 1.82) is 0 Å². The Morgan fingerprint density at radius 3 is 3.09 bits per heavy atom. The van der Waals surface area contributed by atoms with Crippen molar-refractivity contribution in [2.45, 2.75) is 13.8 Å². The van der Waals surface area contributed by atoms with Crippen molar-refractivity contribution in [3.05, 3.63) is 17.2 Å². The molecule has 0 aliphatic carbocycles. The maximum Gasteiger partial charge on any atom is 0.182 e. The molecule has 1 aliphatic heterocycles. The van der Waals surface area contributed by atoms with Gasteiger partial charge in [0.25, 0.3) is 0 Å². The maximum atomic E-state index is 5.21. The topological polar surface area (TPSA) is 38.1 Å². The first-order valence-electron chi connectivity index (χ1n) is 3.63. The highest BCUT2D eigenvalue weighted by Gasteiger charge is 2.06. The van der Waals surface area contributed by atoms with Gasteiger partial charge in [-0.2, -0.15) is 0 Å². The van der Waals surface area contributed by atoms with Crippen LogP contribution in [0.1, 0.15) is 13.8 Å². The fourth-order valence-electron chi connectivity index (χ4n) is 1.25. The van der Waals surface area contributed by atoms with Gasteiger partial charge in [-0.25, -0.2) is 4.98 Å². The molecule has 0 unspecified atom stereocenters. The molecular formula is C8H10N2O. The Morgan fingerprint density at radius 1 is 1.55 bits per heavy atom.